The van der Waals surface area contributed by atoms with E-state index in [0.717, 1.165) is 22.6 Å². The van der Waals surface area contributed by atoms with E-state index in [0.29, 0.717) is 42.0 Å². The SMILES string of the molecule is CCC(=O)CCl.CCC(=O)CN1C(=O)c2ccccc2Nc2ncccc21.O=C1Cc2cccnc2Nc2ccccc21.O=C=O.O=C=O. The van der Waals surface area contributed by atoms with Crippen molar-refractivity contribution in [2.75, 3.05) is 28.0 Å². The van der Waals surface area contributed by atoms with Crippen LogP contribution in [0.4, 0.5) is 28.7 Å². The number of para-hydroxylation sites is 2. The number of fused-ring (bicyclic) bond motifs is 4. The quantitative estimate of drug-likeness (QED) is 0.256. The van der Waals surface area contributed by atoms with Gasteiger partial charge in [0.25, 0.3) is 5.91 Å². The molecule has 1 amide bonds. The van der Waals surface area contributed by atoms with Crippen molar-refractivity contribution in [1.82, 2.24) is 9.97 Å². The molecule has 49 heavy (non-hydrogen) atoms. The van der Waals surface area contributed by atoms with Gasteiger partial charge in [0.1, 0.15) is 11.6 Å². The lowest BCUT2D eigenvalue weighted by Crippen LogP contribution is -2.35. The van der Waals surface area contributed by atoms with Crippen molar-refractivity contribution in [2.24, 2.45) is 0 Å². The van der Waals surface area contributed by atoms with Gasteiger partial charge in [0.05, 0.1) is 35.1 Å². The summed E-state index contributed by atoms with van der Waals surface area (Å²) in [5, 5.41) is 6.37. The molecule has 0 saturated heterocycles. The van der Waals surface area contributed by atoms with Crippen LogP contribution in [-0.4, -0.2) is 58.0 Å². The number of Topliss-reactive ketones (excluding diaryl/α,β-unsaturated/α-hetero) is 3. The molecule has 6 rings (SSSR count). The first-order valence-electron chi connectivity index (χ1n) is 14.7. The second kappa shape index (κ2) is 20.9. The van der Waals surface area contributed by atoms with Gasteiger partial charge in [-0.15, -0.1) is 11.6 Å². The topological polar surface area (TPSA) is 190 Å². The molecule has 0 radical (unpaired) electrons. The van der Waals surface area contributed by atoms with Gasteiger partial charge in [-0.05, 0) is 42.5 Å². The molecule has 2 aromatic carbocycles. The van der Waals surface area contributed by atoms with Crippen LogP contribution in [0.25, 0.3) is 0 Å². The van der Waals surface area contributed by atoms with E-state index in [1.165, 1.54) is 4.90 Å². The molecular weight excluding hydrogens is 654 g/mol. The lowest BCUT2D eigenvalue weighted by Gasteiger charge is -2.21. The second-order valence-corrected chi connectivity index (χ2v) is 10.1. The number of pyridine rings is 2. The highest BCUT2D eigenvalue weighted by atomic mass is 35.5. The second-order valence-electron chi connectivity index (χ2n) is 9.80. The van der Waals surface area contributed by atoms with Gasteiger partial charge in [-0.3, -0.25) is 24.1 Å². The van der Waals surface area contributed by atoms with E-state index in [4.69, 9.17) is 30.8 Å². The van der Waals surface area contributed by atoms with E-state index in [1.54, 1.807) is 44.4 Å². The molecule has 0 aliphatic carbocycles. The number of anilines is 5. The van der Waals surface area contributed by atoms with Gasteiger partial charge in [-0.25, -0.2) is 9.97 Å². The molecule has 2 aliphatic heterocycles. The predicted molar refractivity (Wildman–Crippen MR) is 179 cm³/mol. The molecule has 0 saturated carbocycles. The van der Waals surface area contributed by atoms with E-state index in [1.807, 2.05) is 54.6 Å². The number of aromatic nitrogens is 2. The Morgan fingerprint density at radius 1 is 0.735 bits per heavy atom. The first-order valence-corrected chi connectivity index (χ1v) is 15.3. The summed E-state index contributed by atoms with van der Waals surface area (Å²) in [7, 11) is 0. The molecule has 4 aromatic rings. The summed E-state index contributed by atoms with van der Waals surface area (Å²) < 4.78 is 0. The number of benzene rings is 2. The van der Waals surface area contributed by atoms with Crippen LogP contribution in [-0.2, 0) is 35.2 Å². The number of carbonyl (C=O) groups is 4. The molecule has 0 atom stereocenters. The molecule has 2 N–H and O–H groups in total. The summed E-state index contributed by atoms with van der Waals surface area (Å²) in [5.41, 5.74) is 4.39. The number of nitrogens with one attached hydrogen (secondary N) is 2. The zero-order valence-electron chi connectivity index (χ0n) is 26.6. The van der Waals surface area contributed by atoms with Gasteiger partial charge < -0.3 is 10.6 Å². The number of hydrogen-bond donors (Lipinski definition) is 2. The highest BCUT2D eigenvalue weighted by Crippen LogP contribution is 2.34. The Kier molecular flexibility index (Phi) is 16.6. The maximum Gasteiger partial charge on any atom is 0.373 e. The monoisotopic (exact) mass is 685 g/mol. The Morgan fingerprint density at radius 2 is 1.24 bits per heavy atom. The number of amides is 1. The third-order valence-electron chi connectivity index (χ3n) is 6.73. The minimum Gasteiger partial charge on any atom is -0.339 e. The molecule has 4 heterocycles. The lowest BCUT2D eigenvalue weighted by molar-refractivity contribution is -0.193. The van der Waals surface area contributed by atoms with Crippen LogP contribution in [0.1, 0.15) is 53.0 Å². The highest BCUT2D eigenvalue weighted by molar-refractivity contribution is 6.27. The summed E-state index contributed by atoms with van der Waals surface area (Å²) in [6.45, 7) is 3.65. The normalized spacial score (nSPS) is 11.3. The van der Waals surface area contributed by atoms with E-state index in [2.05, 4.69) is 20.6 Å². The van der Waals surface area contributed by atoms with Crippen molar-refractivity contribution >= 4 is 75.9 Å². The molecule has 0 fully saturated rings. The predicted octanol–water partition coefficient (Wildman–Crippen LogP) is 5.37. The minimum atomic E-state index is -0.188. The zero-order chi connectivity index (χ0) is 36.2. The fourth-order valence-corrected chi connectivity index (χ4v) is 4.53. The largest absolute Gasteiger partial charge is 0.373 e. The first-order chi connectivity index (χ1) is 23.7. The van der Waals surface area contributed by atoms with Crippen LogP contribution in [0.2, 0.25) is 0 Å². The van der Waals surface area contributed by atoms with Crippen LogP contribution in [0.15, 0.2) is 85.2 Å². The van der Waals surface area contributed by atoms with Gasteiger partial charge in [0, 0.05) is 42.8 Å². The van der Waals surface area contributed by atoms with Crippen molar-refractivity contribution in [3.05, 3.63) is 102 Å². The number of carbonyl (C=O) groups excluding carboxylic acids is 8. The zero-order valence-corrected chi connectivity index (χ0v) is 27.4. The maximum atomic E-state index is 12.8. The average Bonchev–Trinajstić information content (AvgIpc) is 3.34. The summed E-state index contributed by atoms with van der Waals surface area (Å²) in [6.07, 6.45) is 5.25. The van der Waals surface area contributed by atoms with Gasteiger partial charge in [0.2, 0.25) is 0 Å². The number of alkyl halides is 1. The summed E-state index contributed by atoms with van der Waals surface area (Å²) in [4.78, 5) is 89.2. The van der Waals surface area contributed by atoms with Crippen molar-refractivity contribution in [2.45, 2.75) is 33.1 Å². The van der Waals surface area contributed by atoms with Crippen LogP contribution >= 0.6 is 11.6 Å². The van der Waals surface area contributed by atoms with Crippen molar-refractivity contribution < 1.29 is 38.4 Å². The van der Waals surface area contributed by atoms with Crippen LogP contribution in [0, 0.1) is 0 Å². The fraction of sp³-hybridized carbons (Fsp3) is 0.200. The fourth-order valence-electron chi connectivity index (χ4n) is 4.34. The lowest BCUT2D eigenvalue weighted by atomic mass is 10.0. The molecule has 0 spiro atoms. The molecular formula is C35H32ClN5O8. The number of ketones is 3. The summed E-state index contributed by atoms with van der Waals surface area (Å²) in [5.74, 6) is 1.59. The number of hydrogen-bond acceptors (Lipinski definition) is 12. The third kappa shape index (κ3) is 11.6. The van der Waals surface area contributed by atoms with E-state index >= 15 is 0 Å². The van der Waals surface area contributed by atoms with Gasteiger partial charge >= 0.3 is 12.3 Å². The molecule has 2 aliphatic rings. The van der Waals surface area contributed by atoms with E-state index in [-0.39, 0.29) is 48.0 Å². The minimum absolute atomic E-state index is 0.0116. The first kappa shape index (κ1) is 39.1. The molecule has 0 bridgehead atoms. The number of nitrogens with zero attached hydrogens (tertiary/aromatic N) is 3. The Balaban J connectivity index is 0.000000262. The Morgan fingerprint density at radius 3 is 1.82 bits per heavy atom. The Hall–Kier alpha value is -6.13. The average molecular weight is 686 g/mol. The maximum absolute atomic E-state index is 12.8. The molecule has 14 heteroatoms. The van der Waals surface area contributed by atoms with E-state index < -0.39 is 0 Å². The standard InChI is InChI=1S/C16H15N3O2.C13H10N2O.C4H7ClO.2CO2/c1-2-11(20)10-19-14-8-5-9-17-15(14)18-13-7-4-3-6-12(13)16(19)21;16-12-8-9-4-3-7-14-13(9)15-11-6-2-1-5-10(11)12;1-2-4(6)3-5;2*2-1-3/h3-9H,2,10H2,1H3,(H,17,18);1-7H,8H2,(H,14,15);2-3H2,1H3;;. The van der Waals surface area contributed by atoms with Crippen LogP contribution in [0.3, 0.4) is 0 Å². The number of rotatable bonds is 5. The van der Waals surface area contributed by atoms with Crippen molar-refractivity contribution in [3.63, 3.8) is 0 Å². The van der Waals surface area contributed by atoms with Crippen LogP contribution in [0.5, 0.6) is 0 Å². The molecule has 0 unspecified atom stereocenters. The van der Waals surface area contributed by atoms with Gasteiger partial charge in [0.15, 0.2) is 17.4 Å². The third-order valence-corrected chi connectivity index (χ3v) is 7.03. The summed E-state index contributed by atoms with van der Waals surface area (Å²) in [6, 6.07) is 22.1. The van der Waals surface area contributed by atoms with Gasteiger partial charge in [-0.1, -0.05) is 44.2 Å². The summed E-state index contributed by atoms with van der Waals surface area (Å²) >= 11 is 5.10. The smallest absolute Gasteiger partial charge is 0.339 e. The van der Waals surface area contributed by atoms with Gasteiger partial charge in [-0.2, -0.15) is 19.2 Å². The molecule has 13 nitrogen and oxygen atoms in total. The molecule has 2 aromatic heterocycles. The Labute approximate surface area is 286 Å². The van der Waals surface area contributed by atoms with Crippen molar-refractivity contribution in [3.8, 4) is 0 Å². The van der Waals surface area contributed by atoms with Crippen LogP contribution < -0.4 is 15.5 Å². The molecule has 252 valence electrons. The van der Waals surface area contributed by atoms with Crippen molar-refractivity contribution in [1.29, 1.82) is 0 Å². The number of halogens is 1. The van der Waals surface area contributed by atoms with E-state index in [9.17, 15) is 19.2 Å². The highest BCUT2D eigenvalue weighted by Gasteiger charge is 2.28. The Bertz CT molecular complexity index is 1820.